The van der Waals surface area contributed by atoms with Gasteiger partial charge in [0.25, 0.3) is 0 Å². The zero-order valence-electron chi connectivity index (χ0n) is 14.0. The zero-order valence-corrected chi connectivity index (χ0v) is 14.0. The molecule has 0 saturated heterocycles. The lowest BCUT2D eigenvalue weighted by atomic mass is 9.79. The summed E-state index contributed by atoms with van der Waals surface area (Å²) in [5.74, 6) is 2.45. The van der Waals surface area contributed by atoms with Crippen molar-refractivity contribution in [1.29, 1.82) is 0 Å². The van der Waals surface area contributed by atoms with Crippen LogP contribution in [0.25, 0.3) is 0 Å². The Bertz CT molecular complexity index is 450. The molecule has 116 valence electrons. The molecular formula is C20H31N. The van der Waals surface area contributed by atoms with Crippen molar-refractivity contribution in [3.63, 3.8) is 0 Å². The first-order chi connectivity index (χ1) is 10.0. The van der Waals surface area contributed by atoms with Gasteiger partial charge in [-0.05, 0) is 81.9 Å². The van der Waals surface area contributed by atoms with Crippen LogP contribution in [0.2, 0.25) is 0 Å². The molecule has 2 fully saturated rings. The quantitative estimate of drug-likeness (QED) is 0.799. The zero-order chi connectivity index (χ0) is 14.9. The van der Waals surface area contributed by atoms with Crippen LogP contribution in [-0.2, 0) is 0 Å². The third-order valence-corrected chi connectivity index (χ3v) is 5.49. The molecule has 21 heavy (non-hydrogen) atoms. The highest BCUT2D eigenvalue weighted by atomic mass is 14.9. The standard InChI is InChI=1S/C20H31N/c1-20(2,3)21-14-18-8-5-9-19(18)17-12-10-16(11-13-17)15-6-4-7-15/h10-13,15,18-19,21H,4-9,14H2,1-3H3. The monoisotopic (exact) mass is 285 g/mol. The Hall–Kier alpha value is -0.820. The van der Waals surface area contributed by atoms with Crippen molar-refractivity contribution >= 4 is 0 Å². The van der Waals surface area contributed by atoms with E-state index < -0.39 is 0 Å². The smallest absolute Gasteiger partial charge is 0.00966 e. The van der Waals surface area contributed by atoms with Crippen LogP contribution in [0.3, 0.4) is 0 Å². The van der Waals surface area contributed by atoms with Crippen LogP contribution in [0, 0.1) is 5.92 Å². The van der Waals surface area contributed by atoms with Gasteiger partial charge < -0.3 is 5.32 Å². The van der Waals surface area contributed by atoms with E-state index in [1.165, 1.54) is 45.1 Å². The number of benzene rings is 1. The Labute approximate surface area is 130 Å². The third-order valence-electron chi connectivity index (χ3n) is 5.49. The Morgan fingerprint density at radius 2 is 1.52 bits per heavy atom. The van der Waals surface area contributed by atoms with Gasteiger partial charge in [-0.2, -0.15) is 0 Å². The fourth-order valence-electron chi connectivity index (χ4n) is 3.91. The highest BCUT2D eigenvalue weighted by molar-refractivity contribution is 5.29. The molecule has 0 aliphatic heterocycles. The molecule has 1 nitrogen and oxygen atoms in total. The molecule has 0 amide bonds. The van der Waals surface area contributed by atoms with Crippen molar-refractivity contribution in [2.75, 3.05) is 6.54 Å². The lowest BCUT2D eigenvalue weighted by molar-refractivity contribution is 0.356. The van der Waals surface area contributed by atoms with Crippen LogP contribution in [0.15, 0.2) is 24.3 Å². The van der Waals surface area contributed by atoms with Gasteiger partial charge in [0.2, 0.25) is 0 Å². The van der Waals surface area contributed by atoms with Gasteiger partial charge >= 0.3 is 0 Å². The summed E-state index contributed by atoms with van der Waals surface area (Å²) in [6.45, 7) is 7.97. The molecule has 0 bridgehead atoms. The van der Waals surface area contributed by atoms with Gasteiger partial charge in [-0.15, -0.1) is 0 Å². The molecule has 0 aromatic heterocycles. The van der Waals surface area contributed by atoms with Crippen LogP contribution in [-0.4, -0.2) is 12.1 Å². The molecule has 0 radical (unpaired) electrons. The second-order valence-electron chi connectivity index (χ2n) is 8.22. The summed E-state index contributed by atoms with van der Waals surface area (Å²) < 4.78 is 0. The van der Waals surface area contributed by atoms with Crippen LogP contribution < -0.4 is 5.32 Å². The molecule has 3 rings (SSSR count). The maximum atomic E-state index is 3.71. The summed E-state index contributed by atoms with van der Waals surface area (Å²) in [5.41, 5.74) is 3.39. The number of hydrogen-bond donors (Lipinski definition) is 1. The van der Waals surface area contributed by atoms with E-state index in [1.54, 1.807) is 11.1 Å². The Kier molecular flexibility index (Phi) is 4.40. The van der Waals surface area contributed by atoms with Crippen LogP contribution >= 0.6 is 0 Å². The first-order valence-corrected chi connectivity index (χ1v) is 8.88. The summed E-state index contributed by atoms with van der Waals surface area (Å²) in [6.07, 6.45) is 8.39. The molecule has 1 aromatic carbocycles. The van der Waals surface area contributed by atoms with Crippen molar-refractivity contribution < 1.29 is 0 Å². The SMILES string of the molecule is CC(C)(C)NCC1CCCC1c1ccc(C2CCC2)cc1. The highest BCUT2D eigenvalue weighted by Gasteiger charge is 2.29. The average Bonchev–Trinajstić information content (AvgIpc) is 2.83. The molecular weight excluding hydrogens is 254 g/mol. The van der Waals surface area contributed by atoms with Crippen LogP contribution in [0.1, 0.15) is 82.3 Å². The fourth-order valence-corrected chi connectivity index (χ4v) is 3.91. The summed E-state index contributed by atoms with van der Waals surface area (Å²) in [4.78, 5) is 0. The predicted molar refractivity (Wildman–Crippen MR) is 90.9 cm³/mol. The second-order valence-corrected chi connectivity index (χ2v) is 8.22. The van der Waals surface area contributed by atoms with E-state index >= 15 is 0 Å². The van der Waals surface area contributed by atoms with Gasteiger partial charge in [0, 0.05) is 5.54 Å². The highest BCUT2D eigenvalue weighted by Crippen LogP contribution is 2.41. The van der Waals surface area contributed by atoms with Gasteiger partial charge in [0.15, 0.2) is 0 Å². The Balaban J connectivity index is 1.64. The fraction of sp³-hybridized carbons (Fsp3) is 0.700. The molecule has 0 heterocycles. The predicted octanol–water partition coefficient (Wildman–Crippen LogP) is 5.23. The Morgan fingerprint density at radius 1 is 0.905 bits per heavy atom. The van der Waals surface area contributed by atoms with E-state index in [0.717, 1.165) is 17.8 Å². The molecule has 0 spiro atoms. The topological polar surface area (TPSA) is 12.0 Å². The van der Waals surface area contributed by atoms with Gasteiger partial charge in [-0.25, -0.2) is 0 Å². The minimum atomic E-state index is 0.237. The van der Waals surface area contributed by atoms with Gasteiger partial charge in [-0.3, -0.25) is 0 Å². The molecule has 2 aliphatic carbocycles. The molecule has 2 aliphatic rings. The second kappa shape index (κ2) is 6.12. The number of hydrogen-bond acceptors (Lipinski definition) is 1. The van der Waals surface area contributed by atoms with Crippen LogP contribution in [0.5, 0.6) is 0 Å². The molecule has 1 N–H and O–H groups in total. The van der Waals surface area contributed by atoms with Crippen molar-refractivity contribution in [2.45, 2.75) is 76.7 Å². The number of rotatable bonds is 4. The van der Waals surface area contributed by atoms with E-state index in [1.807, 2.05) is 0 Å². The maximum Gasteiger partial charge on any atom is 0.00966 e. The van der Waals surface area contributed by atoms with Crippen molar-refractivity contribution in [3.05, 3.63) is 35.4 Å². The summed E-state index contributed by atoms with van der Waals surface area (Å²) in [5, 5.41) is 3.71. The molecule has 2 saturated carbocycles. The van der Waals surface area contributed by atoms with E-state index in [9.17, 15) is 0 Å². The summed E-state index contributed by atoms with van der Waals surface area (Å²) in [6, 6.07) is 9.67. The average molecular weight is 285 g/mol. The molecule has 1 aromatic rings. The van der Waals surface area contributed by atoms with E-state index in [-0.39, 0.29) is 5.54 Å². The van der Waals surface area contributed by atoms with Crippen LogP contribution in [0.4, 0.5) is 0 Å². The minimum Gasteiger partial charge on any atom is -0.312 e. The van der Waals surface area contributed by atoms with Crippen molar-refractivity contribution in [3.8, 4) is 0 Å². The first kappa shape index (κ1) is 15.1. The molecule has 1 heteroatoms. The van der Waals surface area contributed by atoms with E-state index in [2.05, 4.69) is 50.4 Å². The summed E-state index contributed by atoms with van der Waals surface area (Å²) >= 11 is 0. The van der Waals surface area contributed by atoms with Crippen molar-refractivity contribution in [1.82, 2.24) is 5.32 Å². The lowest BCUT2D eigenvalue weighted by Crippen LogP contribution is -2.39. The summed E-state index contributed by atoms with van der Waals surface area (Å²) in [7, 11) is 0. The third kappa shape index (κ3) is 3.69. The molecule has 2 unspecified atom stereocenters. The lowest BCUT2D eigenvalue weighted by Gasteiger charge is -2.28. The normalized spacial score (nSPS) is 26.8. The largest absolute Gasteiger partial charge is 0.312 e. The van der Waals surface area contributed by atoms with Crippen molar-refractivity contribution in [2.24, 2.45) is 5.92 Å². The maximum absolute atomic E-state index is 3.71. The molecule has 2 atom stereocenters. The van der Waals surface area contributed by atoms with Gasteiger partial charge in [0.05, 0.1) is 0 Å². The van der Waals surface area contributed by atoms with Gasteiger partial charge in [-0.1, -0.05) is 37.1 Å². The first-order valence-electron chi connectivity index (χ1n) is 8.88. The Morgan fingerprint density at radius 3 is 2.10 bits per heavy atom. The number of nitrogens with one attached hydrogen (secondary N) is 1. The minimum absolute atomic E-state index is 0.237. The van der Waals surface area contributed by atoms with E-state index in [4.69, 9.17) is 0 Å². The van der Waals surface area contributed by atoms with Gasteiger partial charge in [0.1, 0.15) is 0 Å². The van der Waals surface area contributed by atoms with E-state index in [0.29, 0.717) is 0 Å².